The number of ether oxygens (including phenoxy) is 2. The van der Waals surface area contributed by atoms with Crippen molar-refractivity contribution in [3.05, 3.63) is 30.0 Å². The maximum atomic E-state index is 11.8. The van der Waals surface area contributed by atoms with Gasteiger partial charge in [-0.2, -0.15) is 0 Å². The first-order chi connectivity index (χ1) is 11.2. The van der Waals surface area contributed by atoms with Crippen LogP contribution in [0.1, 0.15) is 31.3 Å². The number of carbonyl (C=O) groups is 2. The van der Waals surface area contributed by atoms with Gasteiger partial charge in [0.1, 0.15) is 11.4 Å². The Labute approximate surface area is 138 Å². The third kappa shape index (κ3) is 4.25. The van der Waals surface area contributed by atoms with E-state index in [0.717, 1.165) is 0 Å². The van der Waals surface area contributed by atoms with Crippen LogP contribution in [0, 0.1) is 0 Å². The van der Waals surface area contributed by atoms with Crippen LogP contribution in [0.3, 0.4) is 0 Å². The van der Waals surface area contributed by atoms with Crippen molar-refractivity contribution in [2.75, 3.05) is 12.4 Å². The lowest BCUT2D eigenvalue weighted by Gasteiger charge is -2.20. The molecule has 0 radical (unpaired) electrons. The first kappa shape index (κ1) is 17.3. The van der Waals surface area contributed by atoms with Crippen LogP contribution in [0.5, 0.6) is 5.75 Å². The summed E-state index contributed by atoms with van der Waals surface area (Å²) in [6.07, 6.45) is -0.610. The highest BCUT2D eigenvalue weighted by Gasteiger charge is 2.18. The molecule has 0 saturated carbocycles. The number of benzene rings is 1. The number of hydrogen-bond donors (Lipinski definition) is 2. The Bertz CT molecular complexity index is 760. The summed E-state index contributed by atoms with van der Waals surface area (Å²) in [5.74, 6) is -0.540. The Balaban J connectivity index is 2.23. The van der Waals surface area contributed by atoms with Crippen LogP contribution in [0.4, 0.5) is 10.5 Å². The second kappa shape index (κ2) is 6.61. The number of hydrogen-bond acceptors (Lipinski definition) is 6. The summed E-state index contributed by atoms with van der Waals surface area (Å²) in [7, 11) is 1.45. The first-order valence-corrected chi connectivity index (χ1v) is 7.08. The van der Waals surface area contributed by atoms with Gasteiger partial charge in [0.05, 0.1) is 12.8 Å². The molecule has 0 unspecified atom stereocenters. The zero-order valence-electron chi connectivity index (χ0n) is 13.7. The predicted molar refractivity (Wildman–Crippen MR) is 85.3 cm³/mol. The second-order valence-corrected chi connectivity index (χ2v) is 5.92. The number of carboxylic acid groups (broad SMARTS) is 1. The predicted octanol–water partition coefficient (Wildman–Crippen LogP) is 3.40. The fourth-order valence-electron chi connectivity index (χ4n) is 1.87. The average Bonchev–Trinajstić information content (AvgIpc) is 2.95. The Morgan fingerprint density at radius 3 is 2.50 bits per heavy atom. The standard InChI is InChI=1S/C16H18N2O6/c1-16(2,3)23-15(21)17-10-6-5-9(7-13(10)22-4)12-8-11(14(19)20)18-24-12/h5-8H,1-4H3,(H,17,21)(H,19,20). The molecule has 128 valence electrons. The Morgan fingerprint density at radius 1 is 1.25 bits per heavy atom. The molecule has 0 saturated heterocycles. The molecule has 0 aliphatic carbocycles. The zero-order chi connectivity index (χ0) is 17.9. The highest BCUT2D eigenvalue weighted by molar-refractivity contribution is 5.88. The number of amides is 1. The van der Waals surface area contributed by atoms with E-state index >= 15 is 0 Å². The molecule has 8 heteroatoms. The van der Waals surface area contributed by atoms with Crippen molar-refractivity contribution in [1.82, 2.24) is 5.16 Å². The zero-order valence-corrected chi connectivity index (χ0v) is 13.7. The van der Waals surface area contributed by atoms with Crippen molar-refractivity contribution in [3.8, 4) is 17.1 Å². The summed E-state index contributed by atoms with van der Waals surface area (Å²) < 4.78 is 15.4. The van der Waals surface area contributed by atoms with E-state index in [1.165, 1.54) is 13.2 Å². The van der Waals surface area contributed by atoms with E-state index < -0.39 is 17.7 Å². The van der Waals surface area contributed by atoms with Crippen molar-refractivity contribution in [2.45, 2.75) is 26.4 Å². The third-order valence-corrected chi connectivity index (χ3v) is 2.85. The van der Waals surface area contributed by atoms with Gasteiger partial charge < -0.3 is 19.1 Å². The van der Waals surface area contributed by atoms with Gasteiger partial charge in [0, 0.05) is 11.6 Å². The monoisotopic (exact) mass is 334 g/mol. The van der Waals surface area contributed by atoms with Gasteiger partial charge in [0.25, 0.3) is 0 Å². The van der Waals surface area contributed by atoms with Crippen LogP contribution in [-0.4, -0.2) is 35.0 Å². The molecule has 1 aromatic carbocycles. The van der Waals surface area contributed by atoms with Crippen molar-refractivity contribution in [3.63, 3.8) is 0 Å². The van der Waals surface area contributed by atoms with E-state index in [1.54, 1.807) is 39.0 Å². The molecule has 2 aromatic rings. The molecule has 2 rings (SSSR count). The van der Waals surface area contributed by atoms with Crippen LogP contribution < -0.4 is 10.1 Å². The SMILES string of the molecule is COc1cc(-c2cc(C(=O)O)no2)ccc1NC(=O)OC(C)(C)C. The quantitative estimate of drug-likeness (QED) is 0.881. The van der Waals surface area contributed by atoms with Crippen LogP contribution >= 0.6 is 0 Å². The van der Waals surface area contributed by atoms with Gasteiger partial charge in [0.15, 0.2) is 11.5 Å². The van der Waals surface area contributed by atoms with Crippen LogP contribution in [0.25, 0.3) is 11.3 Å². The van der Waals surface area contributed by atoms with E-state index in [-0.39, 0.29) is 11.5 Å². The first-order valence-electron chi connectivity index (χ1n) is 7.08. The Morgan fingerprint density at radius 2 is 1.96 bits per heavy atom. The third-order valence-electron chi connectivity index (χ3n) is 2.85. The maximum absolute atomic E-state index is 11.8. The van der Waals surface area contributed by atoms with Crippen LogP contribution in [-0.2, 0) is 4.74 Å². The topological polar surface area (TPSA) is 111 Å². The average molecular weight is 334 g/mol. The number of aromatic nitrogens is 1. The van der Waals surface area contributed by atoms with Gasteiger partial charge in [-0.1, -0.05) is 5.16 Å². The van der Waals surface area contributed by atoms with Gasteiger partial charge in [-0.15, -0.1) is 0 Å². The summed E-state index contributed by atoms with van der Waals surface area (Å²) >= 11 is 0. The lowest BCUT2D eigenvalue weighted by molar-refractivity contribution is 0.0633. The summed E-state index contributed by atoms with van der Waals surface area (Å²) in [6, 6.07) is 6.14. The van der Waals surface area contributed by atoms with Crippen molar-refractivity contribution in [2.24, 2.45) is 0 Å². The molecule has 1 amide bonds. The summed E-state index contributed by atoms with van der Waals surface area (Å²) in [5, 5.41) is 14.9. The van der Waals surface area contributed by atoms with Crippen molar-refractivity contribution >= 4 is 17.7 Å². The fraction of sp³-hybridized carbons (Fsp3) is 0.312. The van der Waals surface area contributed by atoms with Gasteiger partial charge in [-0.3, -0.25) is 5.32 Å². The molecule has 0 aliphatic heterocycles. The number of nitrogens with zero attached hydrogens (tertiary/aromatic N) is 1. The van der Waals surface area contributed by atoms with Crippen LogP contribution in [0.15, 0.2) is 28.8 Å². The lowest BCUT2D eigenvalue weighted by atomic mass is 10.1. The molecule has 2 N–H and O–H groups in total. The molecule has 0 spiro atoms. The van der Waals surface area contributed by atoms with Gasteiger partial charge in [0.2, 0.25) is 0 Å². The van der Waals surface area contributed by atoms with Crippen molar-refractivity contribution in [1.29, 1.82) is 0 Å². The van der Waals surface area contributed by atoms with E-state index in [2.05, 4.69) is 10.5 Å². The second-order valence-electron chi connectivity index (χ2n) is 5.92. The molecule has 1 heterocycles. The molecule has 0 bridgehead atoms. The van der Waals surface area contributed by atoms with Gasteiger partial charge in [-0.25, -0.2) is 9.59 Å². The molecule has 24 heavy (non-hydrogen) atoms. The van der Waals surface area contributed by atoms with Crippen molar-refractivity contribution < 1.29 is 28.7 Å². The molecule has 0 atom stereocenters. The van der Waals surface area contributed by atoms with Gasteiger partial charge in [-0.05, 0) is 39.0 Å². The van der Waals surface area contributed by atoms with Crippen LogP contribution in [0.2, 0.25) is 0 Å². The molecule has 0 fully saturated rings. The largest absolute Gasteiger partial charge is 0.495 e. The Kier molecular flexibility index (Phi) is 4.77. The minimum absolute atomic E-state index is 0.195. The smallest absolute Gasteiger partial charge is 0.412 e. The lowest BCUT2D eigenvalue weighted by Crippen LogP contribution is -2.27. The fourth-order valence-corrected chi connectivity index (χ4v) is 1.87. The summed E-state index contributed by atoms with van der Waals surface area (Å²) in [4.78, 5) is 22.7. The highest BCUT2D eigenvalue weighted by Crippen LogP contribution is 2.31. The van der Waals surface area contributed by atoms with Gasteiger partial charge >= 0.3 is 12.1 Å². The molecule has 8 nitrogen and oxygen atoms in total. The van der Waals surface area contributed by atoms with E-state index in [1.807, 2.05) is 0 Å². The number of carbonyl (C=O) groups excluding carboxylic acids is 1. The summed E-state index contributed by atoms with van der Waals surface area (Å²) in [5.41, 5.74) is 0.152. The van der Waals surface area contributed by atoms with E-state index in [9.17, 15) is 9.59 Å². The normalized spacial score (nSPS) is 11.0. The minimum atomic E-state index is -1.18. The molecule has 0 aliphatic rings. The molecular formula is C16H18N2O6. The molecular weight excluding hydrogens is 316 g/mol. The minimum Gasteiger partial charge on any atom is -0.495 e. The number of carboxylic acids is 1. The Hall–Kier alpha value is -3.03. The highest BCUT2D eigenvalue weighted by atomic mass is 16.6. The maximum Gasteiger partial charge on any atom is 0.412 e. The number of methoxy groups -OCH3 is 1. The summed E-state index contributed by atoms with van der Waals surface area (Å²) in [6.45, 7) is 5.28. The number of rotatable bonds is 4. The molecule has 1 aromatic heterocycles. The van der Waals surface area contributed by atoms with E-state index in [0.29, 0.717) is 17.0 Å². The van der Waals surface area contributed by atoms with E-state index in [4.69, 9.17) is 19.1 Å². The number of aromatic carboxylic acids is 1. The number of anilines is 1. The number of nitrogens with one attached hydrogen (secondary N) is 1.